The van der Waals surface area contributed by atoms with E-state index >= 15 is 0 Å². The standard InChI is InChI=1S/C33H25NO4/c1-34-17-27-23(14-15-28-32(27)37-18-35-28)25-13-12-24-26(31(25)34)16-29-33(38-19-36-29)30(24)22-9-5-8-21(10-11-22)20-6-3-2-4-7-20/h2-16,22H,17-19H2,1H3. The van der Waals surface area contributed by atoms with Gasteiger partial charge in [0.1, 0.15) is 0 Å². The van der Waals surface area contributed by atoms with Gasteiger partial charge in [-0.25, -0.2) is 0 Å². The van der Waals surface area contributed by atoms with Crippen LogP contribution in [-0.2, 0) is 6.54 Å². The number of fused-ring (bicyclic) bond motifs is 8. The summed E-state index contributed by atoms with van der Waals surface area (Å²) >= 11 is 0. The number of ether oxygens (including phenoxy) is 4. The highest BCUT2D eigenvalue weighted by molar-refractivity contribution is 6.07. The number of allylic oxidation sites excluding steroid dienone is 6. The van der Waals surface area contributed by atoms with Crippen LogP contribution in [0.25, 0.3) is 27.5 Å². The molecule has 0 amide bonds. The summed E-state index contributed by atoms with van der Waals surface area (Å²) in [6, 6.07) is 21.3. The Hall–Kier alpha value is -4.64. The van der Waals surface area contributed by atoms with E-state index in [9.17, 15) is 0 Å². The molecule has 0 fully saturated rings. The Morgan fingerprint density at radius 1 is 0.763 bits per heavy atom. The van der Waals surface area contributed by atoms with E-state index in [-0.39, 0.29) is 19.5 Å². The molecule has 186 valence electrons. The quantitative estimate of drug-likeness (QED) is 0.292. The van der Waals surface area contributed by atoms with Gasteiger partial charge in [-0.15, -0.1) is 0 Å². The van der Waals surface area contributed by atoms with E-state index in [2.05, 4.69) is 90.9 Å². The molecule has 5 nitrogen and oxygen atoms in total. The highest BCUT2D eigenvalue weighted by Gasteiger charge is 2.32. The Balaban J connectivity index is 1.31. The smallest absolute Gasteiger partial charge is 0.231 e. The Kier molecular flexibility index (Phi) is 4.62. The molecule has 1 aliphatic carbocycles. The summed E-state index contributed by atoms with van der Waals surface area (Å²) in [6.07, 6.45) is 11.0. The molecule has 3 aliphatic heterocycles. The molecule has 1 atom stereocenters. The van der Waals surface area contributed by atoms with Gasteiger partial charge in [0.05, 0.1) is 5.69 Å². The van der Waals surface area contributed by atoms with E-state index in [0.717, 1.165) is 40.5 Å². The molecule has 4 aromatic carbocycles. The van der Waals surface area contributed by atoms with Gasteiger partial charge in [0.15, 0.2) is 23.0 Å². The topological polar surface area (TPSA) is 40.2 Å². The number of anilines is 1. The first-order valence-electron chi connectivity index (χ1n) is 12.9. The maximum absolute atomic E-state index is 6.07. The molecule has 0 bridgehead atoms. The van der Waals surface area contributed by atoms with E-state index in [0.29, 0.717) is 0 Å². The number of rotatable bonds is 2. The second-order valence-electron chi connectivity index (χ2n) is 10.0. The summed E-state index contributed by atoms with van der Waals surface area (Å²) in [4.78, 5) is 2.31. The fourth-order valence-electron chi connectivity index (χ4n) is 6.19. The van der Waals surface area contributed by atoms with Crippen LogP contribution in [0, 0.1) is 0 Å². The summed E-state index contributed by atoms with van der Waals surface area (Å²) in [5, 5.41) is 2.33. The minimum absolute atomic E-state index is 0.0414. The maximum Gasteiger partial charge on any atom is 0.231 e. The van der Waals surface area contributed by atoms with Crippen molar-refractivity contribution in [2.24, 2.45) is 0 Å². The SMILES string of the molecule is CN1Cc2c(ccc3c2OCO3)-c2ccc3c(C4C=CC=C(c5ccccc5)C=C4)c4c(cc3c21)OCO4. The largest absolute Gasteiger partial charge is 0.454 e. The van der Waals surface area contributed by atoms with Crippen molar-refractivity contribution >= 4 is 22.0 Å². The average molecular weight is 500 g/mol. The highest BCUT2D eigenvalue weighted by atomic mass is 16.7. The predicted octanol–water partition coefficient (Wildman–Crippen LogP) is 7.21. The van der Waals surface area contributed by atoms with Gasteiger partial charge in [0.2, 0.25) is 13.6 Å². The lowest BCUT2D eigenvalue weighted by atomic mass is 9.86. The molecule has 0 saturated heterocycles. The first-order valence-corrected chi connectivity index (χ1v) is 12.9. The zero-order valence-electron chi connectivity index (χ0n) is 20.9. The molecule has 3 heterocycles. The second kappa shape index (κ2) is 8.18. The maximum atomic E-state index is 6.07. The van der Waals surface area contributed by atoms with Gasteiger partial charge in [-0.2, -0.15) is 0 Å². The Labute approximate surface area is 220 Å². The predicted molar refractivity (Wildman–Crippen MR) is 149 cm³/mol. The number of hydrogen-bond acceptors (Lipinski definition) is 5. The van der Waals surface area contributed by atoms with Gasteiger partial charge in [-0.3, -0.25) is 0 Å². The summed E-state index contributed by atoms with van der Waals surface area (Å²) in [5.74, 6) is 3.36. The highest BCUT2D eigenvalue weighted by Crippen LogP contribution is 2.53. The molecule has 8 rings (SSSR count). The third-order valence-corrected chi connectivity index (χ3v) is 7.90. The first kappa shape index (κ1) is 21.4. The van der Waals surface area contributed by atoms with E-state index < -0.39 is 0 Å². The summed E-state index contributed by atoms with van der Waals surface area (Å²) in [7, 11) is 2.14. The average Bonchev–Trinajstić information content (AvgIpc) is 3.56. The summed E-state index contributed by atoms with van der Waals surface area (Å²) in [6.45, 7) is 1.25. The van der Waals surface area contributed by atoms with Gasteiger partial charge in [-0.05, 0) is 40.3 Å². The minimum Gasteiger partial charge on any atom is -0.454 e. The second-order valence-corrected chi connectivity index (χ2v) is 10.0. The fourth-order valence-corrected chi connectivity index (χ4v) is 6.19. The van der Waals surface area contributed by atoms with Crippen molar-refractivity contribution < 1.29 is 18.9 Å². The molecule has 0 N–H and O–H groups in total. The van der Waals surface area contributed by atoms with Gasteiger partial charge >= 0.3 is 0 Å². The Morgan fingerprint density at radius 3 is 2.47 bits per heavy atom. The fraction of sp³-hybridized carbons (Fsp3) is 0.152. The number of nitrogens with zero attached hydrogens (tertiary/aromatic N) is 1. The van der Waals surface area contributed by atoms with Crippen LogP contribution in [0.4, 0.5) is 5.69 Å². The third kappa shape index (κ3) is 3.11. The van der Waals surface area contributed by atoms with Gasteiger partial charge in [-0.1, -0.05) is 72.8 Å². The molecule has 0 spiro atoms. The summed E-state index contributed by atoms with van der Waals surface area (Å²) < 4.78 is 23.5. The zero-order valence-corrected chi connectivity index (χ0v) is 20.9. The van der Waals surface area contributed by atoms with Crippen LogP contribution in [-0.4, -0.2) is 20.6 Å². The number of benzene rings is 4. The van der Waals surface area contributed by atoms with Crippen molar-refractivity contribution in [3.05, 3.63) is 108 Å². The first-order chi connectivity index (χ1) is 18.8. The molecule has 0 aromatic heterocycles. The normalized spacial score (nSPS) is 18.3. The molecule has 0 saturated carbocycles. The molecule has 5 heteroatoms. The van der Waals surface area contributed by atoms with E-state index in [1.54, 1.807) is 0 Å². The minimum atomic E-state index is 0.0414. The summed E-state index contributed by atoms with van der Waals surface area (Å²) in [5.41, 5.74) is 8.26. The molecular weight excluding hydrogens is 474 g/mol. The van der Waals surface area contributed by atoms with Crippen molar-refractivity contribution in [3.63, 3.8) is 0 Å². The van der Waals surface area contributed by atoms with Crippen LogP contribution < -0.4 is 23.8 Å². The van der Waals surface area contributed by atoms with Gasteiger partial charge < -0.3 is 23.8 Å². The molecule has 4 aromatic rings. The lowest BCUT2D eigenvalue weighted by molar-refractivity contribution is 0.173. The lowest BCUT2D eigenvalue weighted by Crippen LogP contribution is -2.22. The van der Waals surface area contributed by atoms with Crippen LogP contribution in [0.15, 0.2) is 91.0 Å². The van der Waals surface area contributed by atoms with Crippen LogP contribution >= 0.6 is 0 Å². The molecule has 1 unspecified atom stereocenters. The van der Waals surface area contributed by atoms with Crippen LogP contribution in [0.5, 0.6) is 23.0 Å². The van der Waals surface area contributed by atoms with Crippen LogP contribution in [0.2, 0.25) is 0 Å². The zero-order chi connectivity index (χ0) is 25.2. The van der Waals surface area contributed by atoms with Crippen molar-refractivity contribution in [1.29, 1.82) is 0 Å². The van der Waals surface area contributed by atoms with Crippen molar-refractivity contribution in [3.8, 4) is 34.1 Å². The van der Waals surface area contributed by atoms with Crippen molar-refractivity contribution in [2.75, 3.05) is 25.5 Å². The van der Waals surface area contributed by atoms with Gasteiger partial charge in [0, 0.05) is 41.6 Å². The number of hydrogen-bond donors (Lipinski definition) is 0. The van der Waals surface area contributed by atoms with Crippen molar-refractivity contribution in [2.45, 2.75) is 12.5 Å². The van der Waals surface area contributed by atoms with Crippen molar-refractivity contribution in [1.82, 2.24) is 0 Å². The Bertz CT molecular complexity index is 1720. The van der Waals surface area contributed by atoms with Crippen LogP contribution in [0.3, 0.4) is 0 Å². The molecule has 4 aliphatic rings. The molecule has 0 radical (unpaired) electrons. The molecule has 38 heavy (non-hydrogen) atoms. The van der Waals surface area contributed by atoms with E-state index in [1.165, 1.54) is 38.9 Å². The monoisotopic (exact) mass is 499 g/mol. The van der Waals surface area contributed by atoms with Crippen LogP contribution in [0.1, 0.15) is 22.6 Å². The van der Waals surface area contributed by atoms with E-state index in [4.69, 9.17) is 18.9 Å². The van der Waals surface area contributed by atoms with E-state index in [1.807, 2.05) is 12.1 Å². The third-order valence-electron chi connectivity index (χ3n) is 7.90. The molecular formula is C33H25NO4. The van der Waals surface area contributed by atoms with Gasteiger partial charge in [0.25, 0.3) is 0 Å². The lowest BCUT2D eigenvalue weighted by Gasteiger charge is -2.32. The Morgan fingerprint density at radius 2 is 1.58 bits per heavy atom.